The Balaban J connectivity index is 1.68. The lowest BCUT2D eigenvalue weighted by atomic mass is 9.89. The van der Waals surface area contributed by atoms with E-state index in [1.807, 2.05) is 6.07 Å². The van der Waals surface area contributed by atoms with Crippen molar-refractivity contribution in [2.45, 2.75) is 38.0 Å². The first-order valence-electron chi connectivity index (χ1n) is 7.13. The van der Waals surface area contributed by atoms with E-state index in [4.69, 9.17) is 4.42 Å². The third-order valence-corrected chi connectivity index (χ3v) is 4.20. The molecule has 0 atom stereocenters. The summed E-state index contributed by atoms with van der Waals surface area (Å²) in [7, 11) is 0. The van der Waals surface area contributed by atoms with Crippen LogP contribution >= 0.6 is 15.9 Å². The Hall–Kier alpha value is -1.69. The van der Waals surface area contributed by atoms with Crippen LogP contribution in [0.3, 0.4) is 0 Å². The Labute approximate surface area is 131 Å². The molecule has 110 valence electrons. The highest BCUT2D eigenvalue weighted by molar-refractivity contribution is 9.10. The highest BCUT2D eigenvalue weighted by atomic mass is 79.9. The standard InChI is InChI=1S/C15H16BrN3O2/c16-12-8-4-7-11(9-12)13(20)17-15-19-18-14(21-15)10-5-2-1-3-6-10/h4,7-10H,1-3,5-6H2,(H,17,19,20). The number of nitrogens with zero attached hydrogens (tertiary/aromatic N) is 2. The monoisotopic (exact) mass is 349 g/mol. The molecule has 0 saturated heterocycles. The van der Waals surface area contributed by atoms with E-state index in [0.717, 1.165) is 17.3 Å². The third kappa shape index (κ3) is 3.50. The maximum Gasteiger partial charge on any atom is 0.322 e. The minimum Gasteiger partial charge on any atom is -0.408 e. The number of aromatic nitrogens is 2. The minimum atomic E-state index is -0.254. The van der Waals surface area contributed by atoms with Gasteiger partial charge in [-0.05, 0) is 31.0 Å². The van der Waals surface area contributed by atoms with Crippen LogP contribution in [0, 0.1) is 0 Å². The highest BCUT2D eigenvalue weighted by Crippen LogP contribution is 2.32. The smallest absolute Gasteiger partial charge is 0.322 e. The van der Waals surface area contributed by atoms with Crippen LogP contribution in [0.1, 0.15) is 54.3 Å². The van der Waals surface area contributed by atoms with Gasteiger partial charge in [-0.15, -0.1) is 5.10 Å². The molecule has 0 aliphatic heterocycles. The Morgan fingerprint density at radius 1 is 1.24 bits per heavy atom. The molecule has 1 saturated carbocycles. The molecule has 3 rings (SSSR count). The molecule has 0 radical (unpaired) electrons. The summed E-state index contributed by atoms with van der Waals surface area (Å²) in [6.07, 6.45) is 5.85. The van der Waals surface area contributed by atoms with Crippen molar-refractivity contribution in [3.8, 4) is 0 Å². The fourth-order valence-corrected chi connectivity index (χ4v) is 3.00. The fraction of sp³-hybridized carbons (Fsp3) is 0.400. The number of nitrogens with one attached hydrogen (secondary N) is 1. The molecule has 0 bridgehead atoms. The maximum absolute atomic E-state index is 12.1. The van der Waals surface area contributed by atoms with E-state index in [-0.39, 0.29) is 11.9 Å². The number of hydrogen-bond acceptors (Lipinski definition) is 4. The van der Waals surface area contributed by atoms with Gasteiger partial charge in [0.05, 0.1) is 0 Å². The minimum absolute atomic E-state index is 0.167. The molecule has 1 aliphatic carbocycles. The number of rotatable bonds is 3. The van der Waals surface area contributed by atoms with Crippen LogP contribution < -0.4 is 5.32 Å². The lowest BCUT2D eigenvalue weighted by Gasteiger charge is -2.17. The number of carbonyl (C=O) groups is 1. The number of benzene rings is 1. The van der Waals surface area contributed by atoms with Gasteiger partial charge in [-0.1, -0.05) is 46.4 Å². The molecule has 21 heavy (non-hydrogen) atoms. The first kappa shape index (κ1) is 14.3. The van der Waals surface area contributed by atoms with Gasteiger partial charge in [-0.3, -0.25) is 10.1 Å². The van der Waals surface area contributed by atoms with Gasteiger partial charge in [0.2, 0.25) is 5.89 Å². The molecule has 1 aromatic heterocycles. The van der Waals surface area contributed by atoms with Crippen LogP contribution in [0.25, 0.3) is 0 Å². The number of halogens is 1. The lowest BCUT2D eigenvalue weighted by Crippen LogP contribution is -2.12. The largest absolute Gasteiger partial charge is 0.408 e. The molecule has 1 N–H and O–H groups in total. The maximum atomic E-state index is 12.1. The summed E-state index contributed by atoms with van der Waals surface area (Å²) in [5.74, 6) is 0.720. The van der Waals surface area contributed by atoms with Gasteiger partial charge in [0.1, 0.15) is 0 Å². The molecular weight excluding hydrogens is 334 g/mol. The molecule has 5 nitrogen and oxygen atoms in total. The first-order valence-corrected chi connectivity index (χ1v) is 7.92. The lowest BCUT2D eigenvalue weighted by molar-refractivity contribution is 0.102. The van der Waals surface area contributed by atoms with Crippen LogP contribution in [-0.2, 0) is 0 Å². The van der Waals surface area contributed by atoms with Gasteiger partial charge in [-0.25, -0.2) is 0 Å². The average molecular weight is 350 g/mol. The molecule has 6 heteroatoms. The summed E-state index contributed by atoms with van der Waals surface area (Å²) in [6.45, 7) is 0. The highest BCUT2D eigenvalue weighted by Gasteiger charge is 2.21. The first-order chi connectivity index (χ1) is 10.2. The van der Waals surface area contributed by atoms with Crippen LogP contribution in [0.5, 0.6) is 0 Å². The summed E-state index contributed by atoms with van der Waals surface area (Å²) >= 11 is 3.34. The summed E-state index contributed by atoms with van der Waals surface area (Å²) in [6, 6.07) is 7.32. The topological polar surface area (TPSA) is 68.0 Å². The summed E-state index contributed by atoms with van der Waals surface area (Å²) in [5.41, 5.74) is 0.543. The van der Waals surface area contributed by atoms with Gasteiger partial charge in [0.25, 0.3) is 5.91 Å². The quantitative estimate of drug-likeness (QED) is 0.904. The van der Waals surface area contributed by atoms with Crippen molar-refractivity contribution < 1.29 is 9.21 Å². The zero-order chi connectivity index (χ0) is 14.7. The summed E-state index contributed by atoms with van der Waals surface area (Å²) < 4.78 is 6.43. The zero-order valence-electron chi connectivity index (χ0n) is 11.5. The number of hydrogen-bond donors (Lipinski definition) is 1. The van der Waals surface area contributed by atoms with Gasteiger partial charge in [0.15, 0.2) is 0 Å². The normalized spacial score (nSPS) is 15.9. The fourth-order valence-electron chi connectivity index (χ4n) is 2.60. The molecule has 1 amide bonds. The molecule has 0 spiro atoms. The second-order valence-electron chi connectivity index (χ2n) is 5.24. The number of carbonyl (C=O) groups excluding carboxylic acids is 1. The Bertz CT molecular complexity index is 635. The van der Waals surface area contributed by atoms with E-state index >= 15 is 0 Å². The van der Waals surface area contributed by atoms with Crippen molar-refractivity contribution in [3.05, 3.63) is 40.2 Å². The van der Waals surface area contributed by atoms with E-state index in [9.17, 15) is 4.79 Å². The molecular formula is C15H16BrN3O2. The summed E-state index contributed by atoms with van der Waals surface area (Å²) in [4.78, 5) is 12.1. The Kier molecular flexibility index (Phi) is 4.34. The third-order valence-electron chi connectivity index (χ3n) is 3.70. The van der Waals surface area contributed by atoms with Crippen molar-refractivity contribution in [3.63, 3.8) is 0 Å². The van der Waals surface area contributed by atoms with Crippen LogP contribution in [0.15, 0.2) is 33.2 Å². The van der Waals surface area contributed by atoms with Gasteiger partial charge in [0, 0.05) is 16.0 Å². The molecule has 1 heterocycles. The second kappa shape index (κ2) is 6.39. The second-order valence-corrected chi connectivity index (χ2v) is 6.16. The van der Waals surface area contributed by atoms with Crippen LogP contribution in [0.4, 0.5) is 6.01 Å². The molecule has 2 aromatic rings. The van der Waals surface area contributed by atoms with Gasteiger partial charge in [-0.2, -0.15) is 0 Å². The number of amides is 1. The van der Waals surface area contributed by atoms with E-state index < -0.39 is 0 Å². The SMILES string of the molecule is O=C(Nc1nnc(C2CCCCC2)o1)c1cccc(Br)c1. The van der Waals surface area contributed by atoms with E-state index in [2.05, 4.69) is 31.4 Å². The van der Waals surface area contributed by atoms with Crippen molar-refractivity contribution in [1.82, 2.24) is 10.2 Å². The summed E-state index contributed by atoms with van der Waals surface area (Å²) in [5, 5.41) is 10.6. The average Bonchev–Trinajstić information content (AvgIpc) is 2.97. The molecule has 0 unspecified atom stereocenters. The molecule has 1 aliphatic rings. The Morgan fingerprint density at radius 3 is 2.81 bits per heavy atom. The molecule has 1 fully saturated rings. The zero-order valence-corrected chi connectivity index (χ0v) is 13.1. The van der Waals surface area contributed by atoms with Gasteiger partial charge >= 0.3 is 6.01 Å². The van der Waals surface area contributed by atoms with Crippen LogP contribution in [0.2, 0.25) is 0 Å². The Morgan fingerprint density at radius 2 is 2.05 bits per heavy atom. The van der Waals surface area contributed by atoms with E-state index in [0.29, 0.717) is 17.4 Å². The van der Waals surface area contributed by atoms with E-state index in [1.54, 1.807) is 18.2 Å². The van der Waals surface area contributed by atoms with Crippen molar-refractivity contribution in [2.24, 2.45) is 0 Å². The predicted molar refractivity (Wildman–Crippen MR) is 82.2 cm³/mol. The van der Waals surface area contributed by atoms with Crippen molar-refractivity contribution >= 4 is 27.9 Å². The predicted octanol–water partition coefficient (Wildman–Crippen LogP) is 4.13. The number of anilines is 1. The molecule has 1 aromatic carbocycles. The van der Waals surface area contributed by atoms with E-state index in [1.165, 1.54) is 19.3 Å². The van der Waals surface area contributed by atoms with Gasteiger partial charge < -0.3 is 4.42 Å². The van der Waals surface area contributed by atoms with Crippen molar-refractivity contribution in [2.75, 3.05) is 5.32 Å². The van der Waals surface area contributed by atoms with Crippen LogP contribution in [-0.4, -0.2) is 16.1 Å². The van der Waals surface area contributed by atoms with Crippen molar-refractivity contribution in [1.29, 1.82) is 0 Å².